The summed E-state index contributed by atoms with van der Waals surface area (Å²) in [5.74, 6) is 1.25. The predicted molar refractivity (Wildman–Crippen MR) is 113 cm³/mol. The van der Waals surface area contributed by atoms with Gasteiger partial charge in [-0.3, -0.25) is 0 Å². The van der Waals surface area contributed by atoms with E-state index in [1.807, 2.05) is 0 Å². The third-order valence-electron chi connectivity index (χ3n) is 5.37. The minimum atomic E-state index is 0.605. The normalized spacial score (nSPS) is 13.3. The molecule has 0 aromatic heterocycles. The van der Waals surface area contributed by atoms with Crippen molar-refractivity contribution in [2.75, 3.05) is 0 Å². The van der Waals surface area contributed by atoms with E-state index >= 15 is 0 Å². The molecule has 0 amide bonds. The molecule has 0 radical (unpaired) electrons. The van der Waals surface area contributed by atoms with Crippen LogP contribution in [0.25, 0.3) is 0 Å². The van der Waals surface area contributed by atoms with Crippen molar-refractivity contribution in [2.24, 2.45) is 0 Å². The predicted octanol–water partition coefficient (Wildman–Crippen LogP) is 7.38. The van der Waals surface area contributed by atoms with E-state index < -0.39 is 0 Å². The topological polar surface area (TPSA) is 0 Å². The van der Waals surface area contributed by atoms with Crippen LogP contribution in [0.1, 0.15) is 61.1 Å². The second-order valence-electron chi connectivity index (χ2n) is 7.26. The van der Waals surface area contributed by atoms with Crippen LogP contribution in [0, 0.1) is 0 Å². The van der Waals surface area contributed by atoms with Crippen molar-refractivity contribution in [1.29, 1.82) is 0 Å². The van der Waals surface area contributed by atoms with Crippen LogP contribution in [-0.2, 0) is 6.42 Å². The molecule has 3 aromatic carbocycles. The minimum Gasteiger partial charge on any atom is -0.0654 e. The van der Waals surface area contributed by atoms with Gasteiger partial charge in [0.05, 0.1) is 0 Å². The fourth-order valence-electron chi connectivity index (χ4n) is 3.97. The van der Waals surface area contributed by atoms with Gasteiger partial charge in [0.15, 0.2) is 0 Å². The van der Waals surface area contributed by atoms with Crippen molar-refractivity contribution in [1.82, 2.24) is 0 Å². The first-order valence-corrected chi connectivity index (χ1v) is 10.0. The molecule has 0 nitrogen and oxygen atoms in total. The summed E-state index contributed by atoms with van der Waals surface area (Å²) in [4.78, 5) is 0. The maximum absolute atomic E-state index is 2.31. The van der Waals surface area contributed by atoms with Gasteiger partial charge in [-0.2, -0.15) is 0 Å². The van der Waals surface area contributed by atoms with E-state index in [4.69, 9.17) is 0 Å². The van der Waals surface area contributed by atoms with Crippen LogP contribution in [0.15, 0.2) is 91.0 Å². The molecule has 0 aliphatic rings. The van der Waals surface area contributed by atoms with Gasteiger partial charge in [-0.1, -0.05) is 104 Å². The molecule has 0 aliphatic carbocycles. The van der Waals surface area contributed by atoms with E-state index in [2.05, 4.69) is 97.9 Å². The summed E-state index contributed by atoms with van der Waals surface area (Å²) in [6, 6.07) is 33.1. The zero-order valence-electron chi connectivity index (χ0n) is 15.9. The highest BCUT2D eigenvalue weighted by molar-refractivity contribution is 5.24. The second-order valence-corrected chi connectivity index (χ2v) is 7.26. The molecule has 134 valence electrons. The first-order valence-electron chi connectivity index (χ1n) is 10.0. The minimum absolute atomic E-state index is 0.605. The van der Waals surface area contributed by atoms with Crippen LogP contribution in [0.3, 0.4) is 0 Å². The molecule has 0 saturated carbocycles. The first kappa shape index (κ1) is 18.5. The number of hydrogen-bond acceptors (Lipinski definition) is 0. The fourth-order valence-corrected chi connectivity index (χ4v) is 3.97. The molecule has 0 bridgehead atoms. The van der Waals surface area contributed by atoms with Crippen molar-refractivity contribution in [3.63, 3.8) is 0 Å². The lowest BCUT2D eigenvalue weighted by Crippen LogP contribution is -2.08. The van der Waals surface area contributed by atoms with Gasteiger partial charge >= 0.3 is 0 Å². The van der Waals surface area contributed by atoms with Crippen molar-refractivity contribution >= 4 is 0 Å². The Bertz CT molecular complexity index is 731. The highest BCUT2D eigenvalue weighted by Gasteiger charge is 2.19. The van der Waals surface area contributed by atoms with Crippen LogP contribution < -0.4 is 0 Å². The Hall–Kier alpha value is -2.34. The van der Waals surface area contributed by atoms with Crippen molar-refractivity contribution < 1.29 is 0 Å². The molecule has 0 saturated heterocycles. The Morgan fingerprint density at radius 2 is 1.04 bits per heavy atom. The smallest absolute Gasteiger partial charge is 0.0153 e. The lowest BCUT2D eigenvalue weighted by molar-refractivity contribution is 0.479. The summed E-state index contributed by atoms with van der Waals surface area (Å²) < 4.78 is 0. The summed E-state index contributed by atoms with van der Waals surface area (Å²) in [5.41, 5.74) is 4.43. The Morgan fingerprint density at radius 3 is 1.54 bits per heavy atom. The van der Waals surface area contributed by atoms with Gasteiger partial charge < -0.3 is 0 Å². The average molecular weight is 343 g/mol. The maximum Gasteiger partial charge on any atom is -0.0153 e. The van der Waals surface area contributed by atoms with Crippen molar-refractivity contribution in [3.8, 4) is 0 Å². The van der Waals surface area contributed by atoms with Crippen LogP contribution in [0.2, 0.25) is 0 Å². The van der Waals surface area contributed by atoms with Gasteiger partial charge in [-0.15, -0.1) is 0 Å². The van der Waals surface area contributed by atoms with E-state index in [1.54, 1.807) is 0 Å². The van der Waals surface area contributed by atoms with Crippen molar-refractivity contribution in [2.45, 2.75) is 50.9 Å². The molecule has 0 heterocycles. The molecule has 0 N–H and O–H groups in total. The molecule has 26 heavy (non-hydrogen) atoms. The zero-order chi connectivity index (χ0) is 18.0. The molecular weight excluding hydrogens is 312 g/mol. The molecule has 0 heteroatoms. The second kappa shape index (κ2) is 9.97. The van der Waals surface area contributed by atoms with E-state index in [9.17, 15) is 0 Å². The molecule has 3 rings (SSSR count). The Kier molecular flexibility index (Phi) is 7.07. The van der Waals surface area contributed by atoms with Crippen LogP contribution in [0.5, 0.6) is 0 Å². The van der Waals surface area contributed by atoms with E-state index in [-0.39, 0.29) is 0 Å². The average Bonchev–Trinajstić information content (AvgIpc) is 2.72. The molecule has 3 aromatic rings. The van der Waals surface area contributed by atoms with E-state index in [0.717, 1.165) is 6.42 Å². The molecule has 0 aliphatic heterocycles. The summed E-state index contributed by atoms with van der Waals surface area (Å²) in [6.07, 6.45) is 6.09. The number of rotatable bonds is 9. The number of benzene rings is 3. The highest BCUT2D eigenvalue weighted by atomic mass is 14.2. The zero-order valence-corrected chi connectivity index (χ0v) is 15.9. The summed E-state index contributed by atoms with van der Waals surface area (Å²) in [6.45, 7) is 2.30. The lowest BCUT2D eigenvalue weighted by atomic mass is 9.80. The number of aryl methyl sites for hydroxylation is 1. The SMILES string of the molecule is CCCC(CC(CCc1ccccc1)c1ccccc1)c1ccccc1. The molecular formula is C26H30. The van der Waals surface area contributed by atoms with Crippen LogP contribution >= 0.6 is 0 Å². The van der Waals surface area contributed by atoms with Crippen molar-refractivity contribution in [3.05, 3.63) is 108 Å². The quantitative estimate of drug-likeness (QED) is 0.380. The van der Waals surface area contributed by atoms with Gasteiger partial charge in [0.25, 0.3) is 0 Å². The van der Waals surface area contributed by atoms with E-state index in [0.29, 0.717) is 11.8 Å². The molecule has 0 spiro atoms. The third-order valence-corrected chi connectivity index (χ3v) is 5.37. The van der Waals surface area contributed by atoms with Crippen LogP contribution in [0.4, 0.5) is 0 Å². The van der Waals surface area contributed by atoms with Gasteiger partial charge in [0.1, 0.15) is 0 Å². The molecule has 2 unspecified atom stereocenters. The van der Waals surface area contributed by atoms with E-state index in [1.165, 1.54) is 42.4 Å². The monoisotopic (exact) mass is 342 g/mol. The largest absolute Gasteiger partial charge is 0.0654 e. The lowest BCUT2D eigenvalue weighted by Gasteiger charge is -2.24. The molecule has 0 fully saturated rings. The standard InChI is InChI=1S/C26H30/c1-2-12-25(23-15-8-4-9-16-23)21-26(24-17-10-5-11-18-24)20-19-22-13-6-3-7-14-22/h3-11,13-18,25-26H,2,12,19-21H2,1H3. The summed E-state index contributed by atoms with van der Waals surface area (Å²) >= 11 is 0. The Labute approximate surface area is 158 Å². The Balaban J connectivity index is 1.77. The maximum atomic E-state index is 2.31. The third kappa shape index (κ3) is 5.33. The van der Waals surface area contributed by atoms with Crippen LogP contribution in [-0.4, -0.2) is 0 Å². The Morgan fingerprint density at radius 1 is 0.577 bits per heavy atom. The van der Waals surface area contributed by atoms with Gasteiger partial charge in [0, 0.05) is 0 Å². The van der Waals surface area contributed by atoms with Gasteiger partial charge in [-0.05, 0) is 54.2 Å². The fraction of sp³-hybridized carbons (Fsp3) is 0.308. The van der Waals surface area contributed by atoms with Gasteiger partial charge in [-0.25, -0.2) is 0 Å². The highest BCUT2D eigenvalue weighted by Crippen LogP contribution is 2.35. The number of hydrogen-bond donors (Lipinski definition) is 0. The summed E-state index contributed by atoms with van der Waals surface area (Å²) in [7, 11) is 0. The molecule has 2 atom stereocenters. The first-order chi connectivity index (χ1) is 12.9. The van der Waals surface area contributed by atoms with Gasteiger partial charge in [0.2, 0.25) is 0 Å². The summed E-state index contributed by atoms with van der Waals surface area (Å²) in [5, 5.41) is 0.